The molecule has 33 heavy (non-hydrogen) atoms. The first-order valence-corrected chi connectivity index (χ1v) is 11.5. The molecule has 0 saturated heterocycles. The van der Waals surface area contributed by atoms with Gasteiger partial charge in [-0.2, -0.15) is 5.26 Å². The molecule has 0 unspecified atom stereocenters. The summed E-state index contributed by atoms with van der Waals surface area (Å²) in [5.41, 5.74) is 5.94. The second-order valence-electron chi connectivity index (χ2n) is 7.61. The van der Waals surface area contributed by atoms with Crippen LogP contribution in [0.4, 0.5) is 0 Å². The Bertz CT molecular complexity index is 1110. The zero-order valence-electron chi connectivity index (χ0n) is 17.8. The molecular formula is C24H23BrClN3O4. The van der Waals surface area contributed by atoms with Crippen molar-refractivity contribution in [3.63, 3.8) is 0 Å². The lowest BCUT2D eigenvalue weighted by Crippen LogP contribution is -2.35. The van der Waals surface area contributed by atoms with Crippen LogP contribution in [0.1, 0.15) is 35.2 Å². The van der Waals surface area contributed by atoms with Crippen molar-refractivity contribution in [1.82, 2.24) is 5.32 Å². The molecule has 172 valence electrons. The topological polar surface area (TPSA) is 114 Å². The number of hydrogen-bond donors (Lipinski definition) is 2. The normalized spacial score (nSPS) is 13.8. The molecule has 1 aliphatic carbocycles. The number of aryl methyl sites for hydroxylation is 1. The zero-order chi connectivity index (χ0) is 23.8. The summed E-state index contributed by atoms with van der Waals surface area (Å²) in [6.45, 7) is 0.525. The van der Waals surface area contributed by atoms with Crippen molar-refractivity contribution in [3.05, 3.63) is 69.2 Å². The van der Waals surface area contributed by atoms with Gasteiger partial charge in [-0.3, -0.25) is 9.59 Å². The molecule has 7 nitrogen and oxygen atoms in total. The van der Waals surface area contributed by atoms with Crippen molar-refractivity contribution < 1.29 is 19.1 Å². The van der Waals surface area contributed by atoms with Gasteiger partial charge in [0.05, 0.1) is 16.7 Å². The number of benzene rings is 2. The van der Waals surface area contributed by atoms with Crippen LogP contribution in [0.3, 0.4) is 0 Å². The molecular weight excluding hydrogens is 510 g/mol. The maximum atomic E-state index is 12.0. The van der Waals surface area contributed by atoms with Gasteiger partial charge in [0.2, 0.25) is 5.91 Å². The summed E-state index contributed by atoms with van der Waals surface area (Å²) in [6.07, 6.45) is 5.78. The Morgan fingerprint density at radius 2 is 1.82 bits per heavy atom. The second kappa shape index (κ2) is 11.2. The van der Waals surface area contributed by atoms with Gasteiger partial charge in [-0.1, -0.05) is 33.6 Å². The first-order valence-electron chi connectivity index (χ1n) is 10.3. The van der Waals surface area contributed by atoms with E-state index in [0.29, 0.717) is 47.8 Å². The first kappa shape index (κ1) is 24.6. The monoisotopic (exact) mass is 531 g/mol. The summed E-state index contributed by atoms with van der Waals surface area (Å²) >= 11 is 9.60. The van der Waals surface area contributed by atoms with Gasteiger partial charge in [0.1, 0.15) is 30.3 Å². The standard InChI is InChI=1S/C24H23BrClN3O4/c25-17-5-7-20(18(14-17)23(28)31)32-11-1-2-12-33-21-6-3-16(13-19(21)26)4-8-22(30)29-24(15-27)9-10-24/h1-3,5-7,13-14H,4,8-12H2,(H2,28,31)(H,29,30)/b2-1+. The SMILES string of the molecule is N#CC1(NC(=O)CCc2ccc(OC/C=C/COc3ccc(Br)cc3C(N)=O)c(Cl)c2)CC1. The maximum Gasteiger partial charge on any atom is 0.252 e. The van der Waals surface area contributed by atoms with Gasteiger partial charge in [0.15, 0.2) is 0 Å². The Morgan fingerprint density at radius 3 is 2.42 bits per heavy atom. The number of hydrogen-bond acceptors (Lipinski definition) is 5. The number of carbonyl (C=O) groups excluding carboxylic acids is 2. The van der Waals surface area contributed by atoms with E-state index in [1.807, 2.05) is 6.07 Å². The van der Waals surface area contributed by atoms with Crippen LogP contribution in [0.15, 0.2) is 53.0 Å². The van der Waals surface area contributed by atoms with Crippen LogP contribution < -0.4 is 20.5 Å². The molecule has 9 heteroatoms. The Kier molecular flexibility index (Phi) is 8.37. The quantitative estimate of drug-likeness (QED) is 0.418. The fourth-order valence-electron chi connectivity index (χ4n) is 3.03. The Hall–Kier alpha value is -3.02. The minimum Gasteiger partial charge on any atom is -0.489 e. The van der Waals surface area contributed by atoms with E-state index in [9.17, 15) is 9.59 Å². The Morgan fingerprint density at radius 1 is 1.15 bits per heavy atom. The van der Waals surface area contributed by atoms with Gasteiger partial charge in [-0.05, 0) is 67.3 Å². The molecule has 0 atom stereocenters. The summed E-state index contributed by atoms with van der Waals surface area (Å²) in [4.78, 5) is 23.5. The molecule has 1 fully saturated rings. The number of ether oxygens (including phenoxy) is 2. The molecule has 1 saturated carbocycles. The smallest absolute Gasteiger partial charge is 0.252 e. The van der Waals surface area contributed by atoms with Crippen LogP contribution >= 0.6 is 27.5 Å². The summed E-state index contributed by atoms with van der Waals surface area (Å²) in [5, 5.41) is 12.3. The number of halogens is 2. The van der Waals surface area contributed by atoms with E-state index in [0.717, 1.165) is 10.0 Å². The highest BCUT2D eigenvalue weighted by Crippen LogP contribution is 2.34. The number of primary amides is 1. The molecule has 0 aliphatic heterocycles. The van der Waals surface area contributed by atoms with Gasteiger partial charge < -0.3 is 20.5 Å². The fraction of sp³-hybridized carbons (Fsp3) is 0.292. The Balaban J connectivity index is 1.41. The maximum absolute atomic E-state index is 12.0. The van der Waals surface area contributed by atoms with Crippen molar-refractivity contribution in [2.45, 2.75) is 31.2 Å². The molecule has 0 spiro atoms. The zero-order valence-corrected chi connectivity index (χ0v) is 20.1. The molecule has 2 aromatic rings. The fourth-order valence-corrected chi connectivity index (χ4v) is 3.65. The summed E-state index contributed by atoms with van der Waals surface area (Å²) in [7, 11) is 0. The number of nitriles is 1. The van der Waals surface area contributed by atoms with Crippen LogP contribution in [-0.4, -0.2) is 30.6 Å². The van der Waals surface area contributed by atoms with E-state index in [-0.39, 0.29) is 19.1 Å². The number of carbonyl (C=O) groups is 2. The van der Waals surface area contributed by atoms with E-state index >= 15 is 0 Å². The predicted octanol–water partition coefficient (Wildman–Crippen LogP) is 4.32. The van der Waals surface area contributed by atoms with Gasteiger partial charge in [0.25, 0.3) is 5.91 Å². The van der Waals surface area contributed by atoms with E-state index in [1.54, 1.807) is 42.5 Å². The molecule has 3 N–H and O–H groups in total. The molecule has 3 rings (SSSR count). The van der Waals surface area contributed by atoms with Crippen LogP contribution in [0.2, 0.25) is 5.02 Å². The van der Waals surface area contributed by atoms with E-state index < -0.39 is 11.4 Å². The van der Waals surface area contributed by atoms with Crippen LogP contribution in [-0.2, 0) is 11.2 Å². The van der Waals surface area contributed by atoms with Crippen LogP contribution in [0.25, 0.3) is 0 Å². The average molecular weight is 533 g/mol. The molecule has 2 aromatic carbocycles. The predicted molar refractivity (Wildman–Crippen MR) is 128 cm³/mol. The van der Waals surface area contributed by atoms with E-state index in [2.05, 4.69) is 27.3 Å². The van der Waals surface area contributed by atoms with Crippen LogP contribution in [0.5, 0.6) is 11.5 Å². The third kappa shape index (κ3) is 7.24. The molecule has 0 bridgehead atoms. The van der Waals surface area contributed by atoms with Crippen molar-refractivity contribution in [2.24, 2.45) is 5.73 Å². The van der Waals surface area contributed by atoms with Gasteiger partial charge in [-0.25, -0.2) is 0 Å². The van der Waals surface area contributed by atoms with Crippen molar-refractivity contribution in [1.29, 1.82) is 5.26 Å². The third-order valence-electron chi connectivity index (χ3n) is 5.02. The summed E-state index contributed by atoms with van der Waals surface area (Å²) in [5.74, 6) is 0.236. The van der Waals surface area contributed by atoms with E-state index in [4.69, 9.17) is 32.1 Å². The lowest BCUT2D eigenvalue weighted by molar-refractivity contribution is -0.121. The molecule has 1 aliphatic rings. The molecule has 0 heterocycles. The number of nitrogens with zero attached hydrogens (tertiary/aromatic N) is 1. The van der Waals surface area contributed by atoms with Crippen molar-refractivity contribution in [2.75, 3.05) is 13.2 Å². The largest absolute Gasteiger partial charge is 0.489 e. The van der Waals surface area contributed by atoms with E-state index in [1.165, 1.54) is 0 Å². The molecule has 2 amide bonds. The van der Waals surface area contributed by atoms with Crippen molar-refractivity contribution in [3.8, 4) is 17.6 Å². The minimum absolute atomic E-state index is 0.135. The lowest BCUT2D eigenvalue weighted by Gasteiger charge is -2.10. The van der Waals surface area contributed by atoms with Crippen LogP contribution in [0, 0.1) is 11.3 Å². The van der Waals surface area contributed by atoms with Gasteiger partial charge in [-0.15, -0.1) is 0 Å². The average Bonchev–Trinajstić information content (AvgIpc) is 3.56. The van der Waals surface area contributed by atoms with Crippen molar-refractivity contribution >= 4 is 39.3 Å². The highest BCUT2D eigenvalue weighted by Gasteiger charge is 2.44. The summed E-state index contributed by atoms with van der Waals surface area (Å²) < 4.78 is 12.0. The molecule has 0 radical (unpaired) electrons. The third-order valence-corrected chi connectivity index (χ3v) is 5.81. The number of amides is 2. The number of rotatable bonds is 11. The molecule has 0 aromatic heterocycles. The van der Waals surface area contributed by atoms with Gasteiger partial charge >= 0.3 is 0 Å². The number of nitrogens with two attached hydrogens (primary N) is 1. The second-order valence-corrected chi connectivity index (χ2v) is 8.93. The minimum atomic E-state index is -0.645. The number of nitrogens with one attached hydrogen (secondary N) is 1. The Labute approximate surface area is 205 Å². The first-order chi connectivity index (χ1) is 15.8. The highest BCUT2D eigenvalue weighted by molar-refractivity contribution is 9.10. The van der Waals surface area contributed by atoms with Gasteiger partial charge in [0, 0.05) is 10.9 Å². The lowest BCUT2D eigenvalue weighted by atomic mass is 10.1. The summed E-state index contributed by atoms with van der Waals surface area (Å²) in [6, 6.07) is 12.6. The highest BCUT2D eigenvalue weighted by atomic mass is 79.9.